The maximum Gasteiger partial charge on any atom is 0.194 e. The Morgan fingerprint density at radius 3 is 2.00 bits per heavy atom. The van der Waals surface area contributed by atoms with Gasteiger partial charge in [-0.05, 0) is 18.2 Å². The Balaban J connectivity index is 2.34. The first-order chi connectivity index (χ1) is 9.41. The lowest BCUT2D eigenvalue weighted by molar-refractivity contribution is 0.169. The number of aliphatic hydroxyl groups excluding tert-OH is 1. The molecule has 1 atom stereocenters. The molecular weight excluding hydrogens is 279 g/mol. The number of rotatable bonds is 3. The van der Waals surface area contributed by atoms with Gasteiger partial charge in [0.1, 0.15) is 11.6 Å². The maximum atomic E-state index is 13.5. The second-order valence-electron chi connectivity index (χ2n) is 4.18. The molecule has 1 nitrogen and oxygen atoms in total. The molecule has 0 amide bonds. The molecule has 0 radical (unpaired) electrons. The van der Waals surface area contributed by atoms with Crippen LogP contribution in [0.2, 0.25) is 0 Å². The Morgan fingerprint density at radius 2 is 1.40 bits per heavy atom. The average Bonchev–Trinajstić information content (AvgIpc) is 2.40. The molecule has 2 aromatic carbocycles. The lowest BCUT2D eigenvalue weighted by atomic mass is 10.00. The van der Waals surface area contributed by atoms with E-state index in [0.29, 0.717) is 6.07 Å². The maximum absolute atomic E-state index is 13.5. The quantitative estimate of drug-likeness (QED) is 0.675. The van der Waals surface area contributed by atoms with Crippen LogP contribution in [0, 0.1) is 29.1 Å². The van der Waals surface area contributed by atoms with Gasteiger partial charge in [0.15, 0.2) is 17.5 Å². The molecular formula is C14H9F5O. The molecule has 0 aliphatic rings. The third-order valence-corrected chi connectivity index (χ3v) is 2.88. The molecule has 0 aliphatic heterocycles. The Bertz CT molecular complexity index is 621. The number of benzene rings is 2. The first-order valence-corrected chi connectivity index (χ1v) is 5.66. The van der Waals surface area contributed by atoms with E-state index in [4.69, 9.17) is 0 Å². The van der Waals surface area contributed by atoms with Gasteiger partial charge in [-0.15, -0.1) is 0 Å². The van der Waals surface area contributed by atoms with Crippen molar-refractivity contribution < 1.29 is 27.1 Å². The molecule has 6 heteroatoms. The summed E-state index contributed by atoms with van der Waals surface area (Å²) in [4.78, 5) is 0. The lowest BCUT2D eigenvalue weighted by Crippen LogP contribution is -2.09. The fourth-order valence-corrected chi connectivity index (χ4v) is 1.83. The molecule has 20 heavy (non-hydrogen) atoms. The standard InChI is InChI=1S/C14H9F5O/c15-9-2-1-3-10(16)8(9)6-12(20)7-4-5-11(17)14(19)13(7)18/h1-5,12,20H,6H2. The van der Waals surface area contributed by atoms with Crippen LogP contribution < -0.4 is 0 Å². The monoisotopic (exact) mass is 288 g/mol. The van der Waals surface area contributed by atoms with Crippen LogP contribution in [0.15, 0.2) is 30.3 Å². The van der Waals surface area contributed by atoms with E-state index in [2.05, 4.69) is 0 Å². The van der Waals surface area contributed by atoms with E-state index < -0.39 is 52.7 Å². The third-order valence-electron chi connectivity index (χ3n) is 2.88. The average molecular weight is 288 g/mol. The molecule has 0 aliphatic carbocycles. The number of hydrogen-bond donors (Lipinski definition) is 1. The minimum atomic E-state index is -1.74. The largest absolute Gasteiger partial charge is 0.388 e. The molecule has 1 unspecified atom stereocenters. The van der Waals surface area contributed by atoms with Crippen molar-refractivity contribution in [1.82, 2.24) is 0 Å². The van der Waals surface area contributed by atoms with Gasteiger partial charge in [0, 0.05) is 17.5 Å². The van der Waals surface area contributed by atoms with E-state index >= 15 is 0 Å². The highest BCUT2D eigenvalue weighted by Crippen LogP contribution is 2.26. The van der Waals surface area contributed by atoms with Crippen molar-refractivity contribution in [1.29, 1.82) is 0 Å². The van der Waals surface area contributed by atoms with Gasteiger partial charge in [-0.2, -0.15) is 0 Å². The summed E-state index contributed by atoms with van der Waals surface area (Å²) in [5.41, 5.74) is -1.02. The van der Waals surface area contributed by atoms with Crippen molar-refractivity contribution in [2.24, 2.45) is 0 Å². The van der Waals surface area contributed by atoms with Crippen LogP contribution >= 0.6 is 0 Å². The molecule has 2 rings (SSSR count). The predicted molar refractivity (Wildman–Crippen MR) is 61.3 cm³/mol. The smallest absolute Gasteiger partial charge is 0.194 e. The predicted octanol–water partition coefficient (Wildman–Crippen LogP) is 3.66. The highest BCUT2D eigenvalue weighted by molar-refractivity contribution is 5.26. The third kappa shape index (κ3) is 2.65. The summed E-state index contributed by atoms with van der Waals surface area (Å²) in [6, 6.07) is 4.56. The summed E-state index contributed by atoms with van der Waals surface area (Å²) in [6.07, 6.45) is -2.29. The van der Waals surface area contributed by atoms with E-state index in [0.717, 1.165) is 24.3 Å². The molecule has 0 heterocycles. The Hall–Kier alpha value is -1.95. The summed E-state index contributed by atoms with van der Waals surface area (Å²) in [5.74, 6) is -6.54. The van der Waals surface area contributed by atoms with Crippen LogP contribution in [-0.4, -0.2) is 5.11 Å². The van der Waals surface area contributed by atoms with Crippen LogP contribution in [0.3, 0.4) is 0 Å². The Labute approximate surface area is 111 Å². The van der Waals surface area contributed by atoms with Crippen molar-refractivity contribution >= 4 is 0 Å². The molecule has 0 bridgehead atoms. The normalized spacial score (nSPS) is 12.5. The lowest BCUT2D eigenvalue weighted by Gasteiger charge is -2.13. The first-order valence-electron chi connectivity index (χ1n) is 5.66. The number of halogens is 5. The van der Waals surface area contributed by atoms with Gasteiger partial charge in [0.25, 0.3) is 0 Å². The van der Waals surface area contributed by atoms with E-state index in [1.807, 2.05) is 0 Å². The highest BCUT2D eigenvalue weighted by atomic mass is 19.2. The van der Waals surface area contributed by atoms with Gasteiger partial charge in [-0.1, -0.05) is 12.1 Å². The zero-order chi connectivity index (χ0) is 14.9. The van der Waals surface area contributed by atoms with Crippen molar-refractivity contribution in [3.63, 3.8) is 0 Å². The molecule has 0 aromatic heterocycles. The molecule has 2 aromatic rings. The van der Waals surface area contributed by atoms with Crippen molar-refractivity contribution in [2.75, 3.05) is 0 Å². The van der Waals surface area contributed by atoms with Crippen LogP contribution in [0.1, 0.15) is 17.2 Å². The summed E-state index contributed by atoms with van der Waals surface area (Å²) in [5, 5.41) is 9.76. The fraction of sp³-hybridized carbons (Fsp3) is 0.143. The van der Waals surface area contributed by atoms with Crippen molar-refractivity contribution in [3.8, 4) is 0 Å². The Kier molecular flexibility index (Phi) is 4.04. The van der Waals surface area contributed by atoms with Crippen molar-refractivity contribution in [2.45, 2.75) is 12.5 Å². The number of aliphatic hydroxyl groups is 1. The zero-order valence-corrected chi connectivity index (χ0v) is 10.0. The summed E-state index contributed by atoms with van der Waals surface area (Å²) in [6.45, 7) is 0. The SMILES string of the molecule is OC(Cc1c(F)cccc1F)c1ccc(F)c(F)c1F. The zero-order valence-electron chi connectivity index (χ0n) is 10.0. The van der Waals surface area contributed by atoms with Crippen LogP contribution in [0.25, 0.3) is 0 Å². The Morgan fingerprint density at radius 1 is 0.800 bits per heavy atom. The minimum Gasteiger partial charge on any atom is -0.388 e. The van der Waals surface area contributed by atoms with Gasteiger partial charge < -0.3 is 5.11 Å². The molecule has 0 fully saturated rings. The highest BCUT2D eigenvalue weighted by Gasteiger charge is 2.21. The summed E-state index contributed by atoms with van der Waals surface area (Å²) in [7, 11) is 0. The summed E-state index contributed by atoms with van der Waals surface area (Å²) < 4.78 is 66.0. The van der Waals surface area contributed by atoms with E-state index in [-0.39, 0.29) is 0 Å². The second kappa shape index (κ2) is 5.58. The van der Waals surface area contributed by atoms with Gasteiger partial charge in [0.05, 0.1) is 6.10 Å². The van der Waals surface area contributed by atoms with E-state index in [1.165, 1.54) is 0 Å². The van der Waals surface area contributed by atoms with Gasteiger partial charge in [-0.25, -0.2) is 22.0 Å². The van der Waals surface area contributed by atoms with Crippen molar-refractivity contribution in [3.05, 3.63) is 70.5 Å². The topological polar surface area (TPSA) is 20.2 Å². The van der Waals surface area contributed by atoms with Crippen LogP contribution in [0.5, 0.6) is 0 Å². The van der Waals surface area contributed by atoms with Gasteiger partial charge >= 0.3 is 0 Å². The van der Waals surface area contributed by atoms with Gasteiger partial charge in [0.2, 0.25) is 0 Å². The van der Waals surface area contributed by atoms with E-state index in [9.17, 15) is 27.1 Å². The van der Waals surface area contributed by atoms with E-state index in [1.54, 1.807) is 0 Å². The summed E-state index contributed by atoms with van der Waals surface area (Å²) >= 11 is 0. The number of hydrogen-bond acceptors (Lipinski definition) is 1. The first kappa shape index (κ1) is 14.5. The minimum absolute atomic E-state index is 0.455. The van der Waals surface area contributed by atoms with Crippen LogP contribution in [-0.2, 0) is 6.42 Å². The van der Waals surface area contributed by atoms with Crippen LogP contribution in [0.4, 0.5) is 22.0 Å². The molecule has 0 saturated carbocycles. The molecule has 106 valence electrons. The van der Waals surface area contributed by atoms with Gasteiger partial charge in [-0.3, -0.25) is 0 Å². The molecule has 0 spiro atoms. The molecule has 0 saturated heterocycles. The second-order valence-corrected chi connectivity index (χ2v) is 4.18. The fourth-order valence-electron chi connectivity index (χ4n) is 1.83. The molecule has 1 N–H and O–H groups in total.